The van der Waals surface area contributed by atoms with Crippen LogP contribution in [0, 0.1) is 11.3 Å². The second-order valence-corrected chi connectivity index (χ2v) is 2.89. The zero-order valence-corrected chi connectivity index (χ0v) is 7.67. The molecule has 0 saturated carbocycles. The number of nitrogens with one attached hydrogen (secondary N) is 1. The molecule has 13 heavy (non-hydrogen) atoms. The van der Waals surface area contributed by atoms with Crippen LogP contribution in [0.1, 0.15) is 11.1 Å². The number of nitrogens with zero attached hydrogens (tertiary/aromatic N) is 1. The monoisotopic (exact) mass is 175 g/mol. The third kappa shape index (κ3) is 2.46. The van der Waals surface area contributed by atoms with Gasteiger partial charge in [-0.3, -0.25) is 0 Å². The summed E-state index contributed by atoms with van der Waals surface area (Å²) in [6.07, 6.45) is 0.922. The summed E-state index contributed by atoms with van der Waals surface area (Å²) < 4.78 is 0. The normalized spacial score (nSPS) is 9.54. The minimum absolute atomic E-state index is 0.552. The number of nitrogens with two attached hydrogens (primary N) is 1. The van der Waals surface area contributed by atoms with Gasteiger partial charge in [0.05, 0.1) is 5.56 Å². The van der Waals surface area contributed by atoms with Crippen LogP contribution in [0.25, 0.3) is 0 Å². The highest BCUT2D eigenvalue weighted by Crippen LogP contribution is 2.12. The summed E-state index contributed by atoms with van der Waals surface area (Å²) in [5.74, 6) is 0. The molecule has 3 nitrogen and oxygen atoms in total. The lowest BCUT2D eigenvalue weighted by Gasteiger charge is -2.02. The average molecular weight is 175 g/mol. The molecule has 0 radical (unpaired) electrons. The fourth-order valence-electron chi connectivity index (χ4n) is 1.13. The molecule has 0 amide bonds. The molecule has 0 spiro atoms. The molecule has 3 N–H and O–H groups in total. The van der Waals surface area contributed by atoms with Gasteiger partial charge in [-0.1, -0.05) is 6.07 Å². The van der Waals surface area contributed by atoms with E-state index >= 15 is 0 Å². The summed E-state index contributed by atoms with van der Waals surface area (Å²) in [6.45, 7) is 0.911. The van der Waals surface area contributed by atoms with Gasteiger partial charge >= 0.3 is 0 Å². The van der Waals surface area contributed by atoms with Crippen molar-refractivity contribution in [3.63, 3.8) is 0 Å². The molecule has 68 valence electrons. The Kier molecular flexibility index (Phi) is 3.30. The van der Waals surface area contributed by atoms with Gasteiger partial charge in [-0.05, 0) is 37.7 Å². The second kappa shape index (κ2) is 4.48. The highest BCUT2D eigenvalue weighted by Gasteiger charge is 1.99. The fraction of sp³-hybridized carbons (Fsp3) is 0.300. The fourth-order valence-corrected chi connectivity index (χ4v) is 1.13. The molecule has 1 rings (SSSR count). The molecule has 0 aliphatic heterocycles. The van der Waals surface area contributed by atoms with Crippen molar-refractivity contribution in [3.05, 3.63) is 29.3 Å². The Balaban J connectivity index is 2.82. The molecule has 0 aliphatic rings. The molecule has 1 aromatic carbocycles. The standard InChI is InChI=1S/C10H13N3/c1-13-5-4-8-2-3-10(12)9(6-8)7-11/h2-3,6,13H,4-5,12H2,1H3. The quantitative estimate of drug-likeness (QED) is 0.671. The van der Waals surface area contributed by atoms with Crippen molar-refractivity contribution in [2.75, 3.05) is 19.3 Å². The Morgan fingerprint density at radius 2 is 2.31 bits per heavy atom. The van der Waals surface area contributed by atoms with Crippen LogP contribution in [0.15, 0.2) is 18.2 Å². The third-order valence-corrected chi connectivity index (χ3v) is 1.90. The van der Waals surface area contributed by atoms with Gasteiger partial charge in [-0.2, -0.15) is 5.26 Å². The van der Waals surface area contributed by atoms with Crippen LogP contribution < -0.4 is 11.1 Å². The molecule has 0 unspecified atom stereocenters. The topological polar surface area (TPSA) is 61.8 Å². The molecule has 0 aromatic heterocycles. The van der Waals surface area contributed by atoms with E-state index in [4.69, 9.17) is 11.0 Å². The van der Waals surface area contributed by atoms with Crippen molar-refractivity contribution in [3.8, 4) is 6.07 Å². The number of rotatable bonds is 3. The maximum Gasteiger partial charge on any atom is 0.101 e. The lowest BCUT2D eigenvalue weighted by Crippen LogP contribution is -2.10. The van der Waals surface area contributed by atoms with Gasteiger partial charge in [0.25, 0.3) is 0 Å². The van der Waals surface area contributed by atoms with Crippen LogP contribution in [-0.4, -0.2) is 13.6 Å². The van der Waals surface area contributed by atoms with Crippen molar-refractivity contribution in [2.24, 2.45) is 0 Å². The van der Waals surface area contributed by atoms with E-state index in [-0.39, 0.29) is 0 Å². The third-order valence-electron chi connectivity index (χ3n) is 1.90. The lowest BCUT2D eigenvalue weighted by atomic mass is 10.1. The van der Waals surface area contributed by atoms with E-state index in [1.807, 2.05) is 19.2 Å². The molecule has 0 fully saturated rings. The molecule has 0 bridgehead atoms. The first-order chi connectivity index (χ1) is 6.27. The molecular formula is C10H13N3. The first-order valence-electron chi connectivity index (χ1n) is 4.21. The molecule has 1 aromatic rings. The van der Waals surface area contributed by atoms with Crippen molar-refractivity contribution < 1.29 is 0 Å². The lowest BCUT2D eigenvalue weighted by molar-refractivity contribution is 0.792. The summed E-state index contributed by atoms with van der Waals surface area (Å²) in [5.41, 5.74) is 7.84. The number of likely N-dealkylation sites (N-methyl/N-ethyl adjacent to an activating group) is 1. The van der Waals surface area contributed by atoms with Crippen LogP contribution in [0.4, 0.5) is 5.69 Å². The highest BCUT2D eigenvalue weighted by molar-refractivity contribution is 5.55. The van der Waals surface area contributed by atoms with Crippen LogP contribution in [-0.2, 0) is 6.42 Å². The van der Waals surface area contributed by atoms with E-state index in [1.54, 1.807) is 6.07 Å². The largest absolute Gasteiger partial charge is 0.398 e. The van der Waals surface area contributed by atoms with Crippen LogP contribution in [0.3, 0.4) is 0 Å². The summed E-state index contributed by atoms with van der Waals surface area (Å²) in [7, 11) is 1.91. The molecule has 0 saturated heterocycles. The predicted molar refractivity (Wildman–Crippen MR) is 53.2 cm³/mol. The first kappa shape index (κ1) is 9.56. The predicted octanol–water partition coefficient (Wildman–Crippen LogP) is 0.902. The van der Waals surface area contributed by atoms with Gasteiger partial charge in [-0.25, -0.2) is 0 Å². The van der Waals surface area contributed by atoms with Crippen LogP contribution in [0.2, 0.25) is 0 Å². The van der Waals surface area contributed by atoms with Gasteiger partial charge in [0.2, 0.25) is 0 Å². The Bertz CT molecular complexity index is 325. The molecular weight excluding hydrogens is 162 g/mol. The van der Waals surface area contributed by atoms with E-state index in [9.17, 15) is 0 Å². The number of hydrogen-bond donors (Lipinski definition) is 2. The zero-order chi connectivity index (χ0) is 9.68. The maximum absolute atomic E-state index is 8.72. The molecule has 0 aliphatic carbocycles. The van der Waals surface area contributed by atoms with Crippen LogP contribution >= 0.6 is 0 Å². The van der Waals surface area contributed by atoms with Crippen molar-refractivity contribution in [1.29, 1.82) is 5.26 Å². The average Bonchev–Trinajstić information content (AvgIpc) is 2.16. The molecule has 0 heterocycles. The van der Waals surface area contributed by atoms with E-state index in [0.29, 0.717) is 11.3 Å². The highest BCUT2D eigenvalue weighted by atomic mass is 14.8. The number of hydrogen-bond acceptors (Lipinski definition) is 3. The molecule has 3 heteroatoms. The minimum atomic E-state index is 0.552. The second-order valence-electron chi connectivity index (χ2n) is 2.89. The van der Waals surface area contributed by atoms with Crippen molar-refractivity contribution in [1.82, 2.24) is 5.32 Å². The number of nitriles is 1. The van der Waals surface area contributed by atoms with E-state index in [0.717, 1.165) is 18.5 Å². The van der Waals surface area contributed by atoms with E-state index in [2.05, 4.69) is 11.4 Å². The number of nitrogen functional groups attached to an aromatic ring is 1. The smallest absolute Gasteiger partial charge is 0.101 e. The Morgan fingerprint density at radius 3 is 2.92 bits per heavy atom. The Hall–Kier alpha value is -1.53. The minimum Gasteiger partial charge on any atom is -0.398 e. The van der Waals surface area contributed by atoms with Gasteiger partial charge in [0.1, 0.15) is 6.07 Å². The maximum atomic E-state index is 8.72. The summed E-state index contributed by atoms with van der Waals surface area (Å²) in [6, 6.07) is 7.64. The summed E-state index contributed by atoms with van der Waals surface area (Å²) in [5, 5.41) is 11.8. The zero-order valence-electron chi connectivity index (χ0n) is 7.67. The van der Waals surface area contributed by atoms with Crippen LogP contribution in [0.5, 0.6) is 0 Å². The summed E-state index contributed by atoms with van der Waals surface area (Å²) in [4.78, 5) is 0. The molecule has 0 atom stereocenters. The number of benzene rings is 1. The Morgan fingerprint density at radius 1 is 1.54 bits per heavy atom. The SMILES string of the molecule is CNCCc1ccc(N)c(C#N)c1. The van der Waals surface area contributed by atoms with Gasteiger partial charge < -0.3 is 11.1 Å². The van der Waals surface area contributed by atoms with Crippen molar-refractivity contribution >= 4 is 5.69 Å². The van der Waals surface area contributed by atoms with E-state index < -0.39 is 0 Å². The summed E-state index contributed by atoms with van der Waals surface area (Å²) >= 11 is 0. The van der Waals surface area contributed by atoms with Crippen molar-refractivity contribution in [2.45, 2.75) is 6.42 Å². The van der Waals surface area contributed by atoms with E-state index in [1.165, 1.54) is 0 Å². The number of anilines is 1. The van der Waals surface area contributed by atoms with Gasteiger partial charge in [-0.15, -0.1) is 0 Å². The Labute approximate surface area is 78.2 Å². The van der Waals surface area contributed by atoms with Gasteiger partial charge in [0, 0.05) is 5.69 Å². The first-order valence-corrected chi connectivity index (χ1v) is 4.21. The van der Waals surface area contributed by atoms with Gasteiger partial charge in [0.15, 0.2) is 0 Å².